The lowest BCUT2D eigenvalue weighted by molar-refractivity contribution is 0.620. The molecule has 232 valence electrons. The third kappa shape index (κ3) is 4.12. The molecule has 9 aromatic rings. The highest BCUT2D eigenvalue weighted by molar-refractivity contribution is 7.26. The molecule has 0 radical (unpaired) electrons. The van der Waals surface area contributed by atoms with Crippen LogP contribution in [0.15, 0.2) is 121 Å². The minimum Gasteiger partial charge on any atom is -0.291 e. The van der Waals surface area contributed by atoms with E-state index in [1.807, 2.05) is 0 Å². The summed E-state index contributed by atoms with van der Waals surface area (Å²) in [5, 5.41) is 7.32. The van der Waals surface area contributed by atoms with E-state index < -0.39 is 0 Å². The molecule has 0 saturated heterocycles. The maximum atomic E-state index is 5.62. The Morgan fingerprint density at radius 1 is 0.562 bits per heavy atom. The second-order valence-electron chi connectivity index (χ2n) is 13.6. The first-order valence-corrected chi connectivity index (χ1v) is 17.4. The minimum atomic E-state index is -0.220. The minimum absolute atomic E-state index is 0.220. The Labute approximate surface area is 284 Å². The van der Waals surface area contributed by atoms with Crippen molar-refractivity contribution >= 4 is 64.2 Å². The highest BCUT2D eigenvalue weighted by Crippen LogP contribution is 2.45. The Balaban J connectivity index is 1.40. The van der Waals surface area contributed by atoms with E-state index in [2.05, 4.69) is 161 Å². The summed E-state index contributed by atoms with van der Waals surface area (Å²) >= 11 is 1.79. The quantitative estimate of drug-likeness (QED) is 0.180. The zero-order valence-electron chi connectivity index (χ0n) is 27.8. The smallest absolute Gasteiger partial charge is 0.147 e. The molecule has 0 amide bonds. The number of para-hydroxylation sites is 1. The number of thiophene rings is 1. The summed E-state index contributed by atoms with van der Waals surface area (Å²) in [6, 6.07) is 43.8. The molecule has 0 bridgehead atoms. The van der Waals surface area contributed by atoms with Crippen LogP contribution < -0.4 is 0 Å². The average molecular weight is 638 g/mol. The van der Waals surface area contributed by atoms with Crippen molar-refractivity contribution in [1.82, 2.24) is 14.5 Å². The van der Waals surface area contributed by atoms with Crippen molar-refractivity contribution in [2.75, 3.05) is 0 Å². The number of hydrogen-bond acceptors (Lipinski definition) is 3. The normalized spacial score (nSPS) is 12.3. The molecular formula is C44H35N3S. The first kappa shape index (κ1) is 28.9. The van der Waals surface area contributed by atoms with E-state index in [1.54, 1.807) is 11.3 Å². The molecule has 3 aromatic heterocycles. The number of fused-ring (bicyclic) bond motifs is 9. The van der Waals surface area contributed by atoms with Gasteiger partial charge >= 0.3 is 0 Å². The third-order valence-corrected chi connectivity index (χ3v) is 11.4. The van der Waals surface area contributed by atoms with Crippen molar-refractivity contribution in [2.45, 2.75) is 40.0 Å². The lowest BCUT2D eigenvalue weighted by Gasteiger charge is -2.24. The Hall–Kier alpha value is -5.32. The largest absolute Gasteiger partial charge is 0.291 e. The van der Waals surface area contributed by atoms with Crippen molar-refractivity contribution in [3.05, 3.63) is 149 Å². The number of aryl methyl sites for hydroxylation is 3. The van der Waals surface area contributed by atoms with Crippen LogP contribution in [-0.2, 0) is 5.41 Å². The molecule has 0 N–H and O–H groups in total. The zero-order chi connectivity index (χ0) is 32.7. The fraction of sp³-hybridized carbons (Fsp3) is 0.136. The van der Waals surface area contributed by atoms with E-state index >= 15 is 0 Å². The van der Waals surface area contributed by atoms with E-state index in [9.17, 15) is 0 Å². The molecule has 3 heterocycles. The molecule has 0 fully saturated rings. The van der Waals surface area contributed by atoms with Crippen LogP contribution in [0.25, 0.3) is 70.0 Å². The fourth-order valence-electron chi connectivity index (χ4n) is 7.72. The van der Waals surface area contributed by atoms with Gasteiger partial charge in [-0.3, -0.25) is 4.57 Å². The van der Waals surface area contributed by atoms with Crippen LogP contribution in [0.3, 0.4) is 0 Å². The van der Waals surface area contributed by atoms with Crippen molar-refractivity contribution < 1.29 is 0 Å². The Morgan fingerprint density at radius 2 is 1.21 bits per heavy atom. The Bertz CT molecular complexity index is 2710. The summed E-state index contributed by atoms with van der Waals surface area (Å²) in [4.78, 5) is 12.0. The second kappa shape index (κ2) is 10.6. The van der Waals surface area contributed by atoms with Gasteiger partial charge in [0.2, 0.25) is 0 Å². The first-order valence-electron chi connectivity index (χ1n) is 16.6. The molecule has 48 heavy (non-hydrogen) atoms. The Kier molecular flexibility index (Phi) is 6.37. The van der Waals surface area contributed by atoms with Crippen molar-refractivity contribution in [1.29, 1.82) is 0 Å². The summed E-state index contributed by atoms with van der Waals surface area (Å²) in [6.45, 7) is 11.2. The average Bonchev–Trinajstić information content (AvgIpc) is 3.69. The highest BCUT2D eigenvalue weighted by Gasteiger charge is 2.27. The van der Waals surface area contributed by atoms with Crippen LogP contribution >= 0.6 is 11.3 Å². The van der Waals surface area contributed by atoms with Gasteiger partial charge < -0.3 is 0 Å². The van der Waals surface area contributed by atoms with Gasteiger partial charge in [0, 0.05) is 37.2 Å². The fourth-order valence-corrected chi connectivity index (χ4v) is 8.98. The van der Waals surface area contributed by atoms with Crippen molar-refractivity contribution in [3.8, 4) is 17.1 Å². The van der Waals surface area contributed by atoms with Gasteiger partial charge in [-0.25, -0.2) is 9.97 Å². The van der Waals surface area contributed by atoms with E-state index in [0.29, 0.717) is 0 Å². The molecule has 9 rings (SSSR count). The van der Waals surface area contributed by atoms with Crippen molar-refractivity contribution in [2.24, 2.45) is 0 Å². The summed E-state index contributed by atoms with van der Waals surface area (Å²) in [6.07, 6.45) is 0. The SMILES string of the molecule is Cc1cccc(C)c1-n1c(-c2ccc(C)c3c2sc2nc(C(C)(C)c4ccccc4)ccc23)nc2c3ccccc3c3ccccc3c21. The predicted octanol–water partition coefficient (Wildman–Crippen LogP) is 12.0. The predicted molar refractivity (Wildman–Crippen MR) is 205 cm³/mol. The molecule has 3 nitrogen and oxygen atoms in total. The van der Waals surface area contributed by atoms with Crippen LogP contribution in [-0.4, -0.2) is 14.5 Å². The van der Waals surface area contributed by atoms with Crippen LogP contribution in [0.2, 0.25) is 0 Å². The lowest BCUT2D eigenvalue weighted by Crippen LogP contribution is -2.20. The molecule has 0 aliphatic heterocycles. The number of benzene rings is 6. The summed E-state index contributed by atoms with van der Waals surface area (Å²) in [7, 11) is 0. The van der Waals surface area contributed by atoms with Gasteiger partial charge in [0.1, 0.15) is 10.7 Å². The maximum absolute atomic E-state index is 5.62. The number of hydrogen-bond donors (Lipinski definition) is 0. The van der Waals surface area contributed by atoms with Crippen LogP contribution in [0.4, 0.5) is 0 Å². The molecule has 0 unspecified atom stereocenters. The van der Waals surface area contributed by atoms with Gasteiger partial charge in [-0.1, -0.05) is 117 Å². The van der Waals surface area contributed by atoms with Gasteiger partial charge in [-0.2, -0.15) is 0 Å². The number of pyridine rings is 1. The second-order valence-corrected chi connectivity index (χ2v) is 14.6. The highest BCUT2D eigenvalue weighted by atomic mass is 32.1. The van der Waals surface area contributed by atoms with Gasteiger partial charge in [0.15, 0.2) is 0 Å². The van der Waals surface area contributed by atoms with Gasteiger partial charge in [0.25, 0.3) is 0 Å². The monoisotopic (exact) mass is 637 g/mol. The molecule has 0 spiro atoms. The van der Waals surface area contributed by atoms with E-state index in [1.165, 1.54) is 65.0 Å². The molecule has 0 aliphatic rings. The zero-order valence-corrected chi connectivity index (χ0v) is 28.6. The van der Waals surface area contributed by atoms with Gasteiger partial charge in [-0.05, 0) is 72.0 Å². The van der Waals surface area contributed by atoms with Gasteiger partial charge in [0.05, 0.1) is 22.4 Å². The third-order valence-electron chi connectivity index (χ3n) is 10.3. The number of imidazole rings is 1. The topological polar surface area (TPSA) is 30.7 Å². The maximum Gasteiger partial charge on any atom is 0.147 e. The molecule has 0 atom stereocenters. The number of rotatable bonds is 4. The standard InChI is InChI=1S/C44H35N3S/c1-26-22-23-35(41-37(26)34-24-25-36(45-43(34)48-41)44(4,5)29-16-7-6-8-17-29)42-46-38-32-20-11-9-18-30(32)31-19-10-12-21-33(31)40(38)47(42)39-27(2)14-13-15-28(39)3/h6-25H,1-5H3. The van der Waals surface area contributed by atoms with Crippen LogP contribution in [0.1, 0.15) is 41.8 Å². The molecule has 0 saturated carbocycles. The van der Waals surface area contributed by atoms with Crippen LogP contribution in [0, 0.1) is 20.8 Å². The lowest BCUT2D eigenvalue weighted by atomic mass is 9.81. The number of aromatic nitrogens is 3. The summed E-state index contributed by atoms with van der Waals surface area (Å²) in [5.74, 6) is 0.963. The van der Waals surface area contributed by atoms with Gasteiger partial charge in [-0.15, -0.1) is 11.3 Å². The van der Waals surface area contributed by atoms with Crippen LogP contribution in [0.5, 0.6) is 0 Å². The van der Waals surface area contributed by atoms with Crippen molar-refractivity contribution in [3.63, 3.8) is 0 Å². The summed E-state index contributed by atoms with van der Waals surface area (Å²) < 4.78 is 3.67. The molecule has 0 aliphatic carbocycles. The van der Waals surface area contributed by atoms with E-state index in [-0.39, 0.29) is 5.41 Å². The molecule has 4 heteroatoms. The molecule has 6 aromatic carbocycles. The van der Waals surface area contributed by atoms with E-state index in [0.717, 1.165) is 32.9 Å². The molecular weight excluding hydrogens is 603 g/mol. The summed E-state index contributed by atoms with van der Waals surface area (Å²) in [5.41, 5.74) is 10.3. The first-order chi connectivity index (χ1) is 23.3. The number of nitrogens with zero attached hydrogens (tertiary/aromatic N) is 3. The Morgan fingerprint density at radius 3 is 1.94 bits per heavy atom. The van der Waals surface area contributed by atoms with E-state index in [4.69, 9.17) is 9.97 Å².